The van der Waals surface area contributed by atoms with Crippen LogP contribution in [0.5, 0.6) is 0 Å². The van der Waals surface area contributed by atoms with E-state index < -0.39 is 5.97 Å². The van der Waals surface area contributed by atoms with E-state index in [9.17, 15) is 4.79 Å². The van der Waals surface area contributed by atoms with Gasteiger partial charge in [-0.2, -0.15) is 0 Å². The molecule has 0 aliphatic rings. The van der Waals surface area contributed by atoms with Crippen LogP contribution in [0.25, 0.3) is 0 Å². The highest BCUT2D eigenvalue weighted by molar-refractivity contribution is 5.81. The van der Waals surface area contributed by atoms with Gasteiger partial charge in [0.2, 0.25) is 0 Å². The van der Waals surface area contributed by atoms with Crippen molar-refractivity contribution < 1.29 is 9.90 Å². The van der Waals surface area contributed by atoms with Gasteiger partial charge in [0.15, 0.2) is 0 Å². The molecule has 80 valence electrons. The van der Waals surface area contributed by atoms with Gasteiger partial charge in [0.05, 0.1) is 0 Å². The first-order valence-corrected chi connectivity index (χ1v) is 5.30. The summed E-state index contributed by atoms with van der Waals surface area (Å²) in [7, 11) is 0. The molecule has 0 aromatic heterocycles. The Labute approximate surface area is 86.3 Å². The average Bonchev–Trinajstić information content (AvgIpc) is 2.12. The minimum atomic E-state index is -0.853. The van der Waals surface area contributed by atoms with Crippen LogP contribution in [0.1, 0.15) is 46.0 Å². The molecule has 2 heteroatoms. The van der Waals surface area contributed by atoms with Crippen LogP contribution in [0.2, 0.25) is 0 Å². The maximum absolute atomic E-state index is 10.5. The van der Waals surface area contributed by atoms with Crippen molar-refractivity contribution in [2.45, 2.75) is 46.0 Å². The molecule has 0 unspecified atom stereocenters. The molecule has 0 saturated carbocycles. The van der Waals surface area contributed by atoms with E-state index in [2.05, 4.69) is 19.9 Å². The van der Waals surface area contributed by atoms with Gasteiger partial charge in [-0.15, -0.1) is 0 Å². The summed E-state index contributed by atoms with van der Waals surface area (Å²) in [6.45, 7) is 4.20. The summed E-state index contributed by atoms with van der Waals surface area (Å²) in [5.74, 6) is -0.853. The molecule has 0 spiro atoms. The van der Waals surface area contributed by atoms with Gasteiger partial charge < -0.3 is 5.11 Å². The van der Waals surface area contributed by atoms with Gasteiger partial charge in [0, 0.05) is 6.08 Å². The summed E-state index contributed by atoms with van der Waals surface area (Å²) in [6.07, 6.45) is 10.5. The Morgan fingerprint density at radius 3 is 2.50 bits per heavy atom. The molecule has 1 N–H and O–H groups in total. The predicted molar refractivity (Wildman–Crippen MR) is 59.3 cm³/mol. The van der Waals surface area contributed by atoms with Crippen LogP contribution in [0.15, 0.2) is 23.8 Å². The second-order valence-electron chi connectivity index (χ2n) is 3.35. The summed E-state index contributed by atoms with van der Waals surface area (Å²) in [4.78, 5) is 10.5. The lowest BCUT2D eigenvalue weighted by atomic mass is 10.1. The summed E-state index contributed by atoms with van der Waals surface area (Å²) in [6, 6.07) is 0. The van der Waals surface area contributed by atoms with Gasteiger partial charge in [-0.05, 0) is 18.4 Å². The molecule has 0 atom stereocenters. The number of carboxylic acid groups (broad SMARTS) is 1. The lowest BCUT2D eigenvalue weighted by molar-refractivity contribution is -0.131. The van der Waals surface area contributed by atoms with Crippen LogP contribution >= 0.6 is 0 Å². The molecule has 2 nitrogen and oxygen atoms in total. The zero-order chi connectivity index (χ0) is 10.8. The Bertz CT molecular complexity index is 214. The number of rotatable bonds is 7. The standard InChI is InChI=1S/C12H20O2/c1-3-5-6-7-9-11(8-4-2)10-12(13)14/h7,9-10H,3-6,8H2,1-2H3,(H,13,14). The fourth-order valence-corrected chi connectivity index (χ4v) is 1.21. The smallest absolute Gasteiger partial charge is 0.328 e. The first kappa shape index (κ1) is 12.9. The van der Waals surface area contributed by atoms with Crippen LogP contribution in [-0.2, 0) is 4.79 Å². The number of aliphatic carboxylic acids is 1. The number of carbonyl (C=O) groups is 1. The van der Waals surface area contributed by atoms with Crippen LogP contribution in [-0.4, -0.2) is 11.1 Å². The van der Waals surface area contributed by atoms with Crippen LogP contribution in [0.3, 0.4) is 0 Å². The van der Waals surface area contributed by atoms with Gasteiger partial charge in [-0.25, -0.2) is 4.79 Å². The number of carboxylic acids is 1. The van der Waals surface area contributed by atoms with E-state index in [1.165, 1.54) is 18.9 Å². The monoisotopic (exact) mass is 196 g/mol. The Morgan fingerprint density at radius 1 is 1.29 bits per heavy atom. The van der Waals surface area contributed by atoms with Crippen LogP contribution in [0.4, 0.5) is 0 Å². The van der Waals surface area contributed by atoms with E-state index in [0.29, 0.717) is 0 Å². The maximum atomic E-state index is 10.5. The first-order valence-electron chi connectivity index (χ1n) is 5.30. The number of unbranched alkanes of at least 4 members (excludes halogenated alkanes) is 2. The van der Waals surface area contributed by atoms with Crippen LogP contribution in [0, 0.1) is 0 Å². The largest absolute Gasteiger partial charge is 0.478 e. The Hall–Kier alpha value is -1.05. The van der Waals surface area contributed by atoms with Gasteiger partial charge in [0.25, 0.3) is 0 Å². The third kappa shape index (κ3) is 7.59. The van der Waals surface area contributed by atoms with Crippen molar-refractivity contribution in [3.8, 4) is 0 Å². The molecule has 0 saturated heterocycles. The molecular weight excluding hydrogens is 176 g/mol. The average molecular weight is 196 g/mol. The van der Waals surface area contributed by atoms with Gasteiger partial charge in [-0.1, -0.05) is 45.3 Å². The summed E-state index contributed by atoms with van der Waals surface area (Å²) >= 11 is 0. The Balaban J connectivity index is 4.08. The second-order valence-corrected chi connectivity index (χ2v) is 3.35. The molecule has 14 heavy (non-hydrogen) atoms. The highest BCUT2D eigenvalue weighted by Gasteiger charge is 1.94. The summed E-state index contributed by atoms with van der Waals surface area (Å²) in [5, 5.41) is 8.60. The predicted octanol–water partition coefficient (Wildman–Crippen LogP) is 3.54. The fraction of sp³-hybridized carbons (Fsp3) is 0.583. The second kappa shape index (κ2) is 8.54. The quantitative estimate of drug-likeness (QED) is 0.384. The van der Waals surface area contributed by atoms with Crippen molar-refractivity contribution in [3.05, 3.63) is 23.8 Å². The Morgan fingerprint density at radius 2 is 2.00 bits per heavy atom. The lowest BCUT2D eigenvalue weighted by Gasteiger charge is -1.97. The molecule has 0 aromatic rings. The fourth-order valence-electron chi connectivity index (χ4n) is 1.21. The minimum Gasteiger partial charge on any atom is -0.478 e. The molecule has 0 bridgehead atoms. The number of hydrogen-bond donors (Lipinski definition) is 1. The van der Waals surface area contributed by atoms with E-state index in [1.807, 2.05) is 6.08 Å². The van der Waals surface area contributed by atoms with Gasteiger partial charge in [0.1, 0.15) is 0 Å². The Kier molecular flexibility index (Phi) is 7.90. The molecule has 0 aliphatic heterocycles. The first-order chi connectivity index (χ1) is 6.70. The van der Waals surface area contributed by atoms with E-state index >= 15 is 0 Å². The third-order valence-electron chi connectivity index (χ3n) is 1.90. The molecule has 0 amide bonds. The number of hydrogen-bond acceptors (Lipinski definition) is 1. The topological polar surface area (TPSA) is 37.3 Å². The third-order valence-corrected chi connectivity index (χ3v) is 1.90. The summed E-state index contributed by atoms with van der Waals surface area (Å²) < 4.78 is 0. The molecule has 0 fully saturated rings. The normalized spacial score (nSPS) is 12.3. The zero-order valence-electron chi connectivity index (χ0n) is 9.12. The molecule has 0 heterocycles. The maximum Gasteiger partial charge on any atom is 0.328 e. The lowest BCUT2D eigenvalue weighted by Crippen LogP contribution is -1.90. The van der Waals surface area contributed by atoms with E-state index in [1.54, 1.807) is 0 Å². The molecule has 0 rings (SSSR count). The highest BCUT2D eigenvalue weighted by Crippen LogP contribution is 2.07. The van der Waals surface area contributed by atoms with Gasteiger partial charge in [-0.3, -0.25) is 0 Å². The van der Waals surface area contributed by atoms with Crippen molar-refractivity contribution in [3.63, 3.8) is 0 Å². The minimum absolute atomic E-state index is 0.842. The molecular formula is C12H20O2. The van der Waals surface area contributed by atoms with Crippen molar-refractivity contribution in [2.24, 2.45) is 0 Å². The SMILES string of the molecule is CCCCC=CC(=CC(=O)O)CCC. The zero-order valence-corrected chi connectivity index (χ0v) is 9.12. The van der Waals surface area contributed by atoms with E-state index in [0.717, 1.165) is 24.8 Å². The summed E-state index contributed by atoms with van der Waals surface area (Å²) in [5.41, 5.74) is 0.913. The number of allylic oxidation sites excluding steroid dienone is 3. The van der Waals surface area contributed by atoms with Crippen LogP contribution < -0.4 is 0 Å². The van der Waals surface area contributed by atoms with E-state index in [4.69, 9.17) is 5.11 Å². The van der Waals surface area contributed by atoms with Crippen molar-refractivity contribution in [1.82, 2.24) is 0 Å². The van der Waals surface area contributed by atoms with E-state index in [-0.39, 0.29) is 0 Å². The van der Waals surface area contributed by atoms with Gasteiger partial charge >= 0.3 is 5.97 Å². The van der Waals surface area contributed by atoms with Crippen molar-refractivity contribution in [1.29, 1.82) is 0 Å². The molecule has 0 aliphatic carbocycles. The van der Waals surface area contributed by atoms with Crippen molar-refractivity contribution >= 4 is 5.97 Å². The molecule has 0 radical (unpaired) electrons. The molecule has 0 aromatic carbocycles. The highest BCUT2D eigenvalue weighted by atomic mass is 16.4. The van der Waals surface area contributed by atoms with Crippen molar-refractivity contribution in [2.75, 3.05) is 0 Å².